The van der Waals surface area contributed by atoms with E-state index in [0.717, 1.165) is 18.9 Å². The Morgan fingerprint density at radius 1 is 1.17 bits per heavy atom. The fourth-order valence-corrected chi connectivity index (χ4v) is 6.20. The van der Waals surface area contributed by atoms with Crippen molar-refractivity contribution in [3.05, 3.63) is 35.4 Å². The fraction of sp³-hybridized carbons (Fsp3) is 0.650. The van der Waals surface area contributed by atoms with Crippen molar-refractivity contribution < 1.29 is 4.79 Å². The lowest BCUT2D eigenvalue weighted by molar-refractivity contribution is -0.153. The molecule has 6 atom stereocenters. The van der Waals surface area contributed by atoms with Crippen LogP contribution in [0.4, 0.5) is 0 Å². The number of nitrogens with one attached hydrogen (secondary N) is 1. The maximum Gasteiger partial charge on any atom is 0.228 e. The molecule has 122 valence electrons. The van der Waals surface area contributed by atoms with Crippen molar-refractivity contribution in [3.8, 4) is 0 Å². The predicted octanol–water partition coefficient (Wildman–Crippen LogP) is 3.03. The average Bonchev–Trinajstić information content (AvgIpc) is 3.21. The van der Waals surface area contributed by atoms with Gasteiger partial charge in [0.1, 0.15) is 5.66 Å². The van der Waals surface area contributed by atoms with Crippen LogP contribution in [0.3, 0.4) is 0 Å². The molecular weight excluding hydrogens is 284 g/mol. The first-order valence-corrected chi connectivity index (χ1v) is 9.25. The van der Waals surface area contributed by atoms with Gasteiger partial charge in [-0.25, -0.2) is 0 Å². The standard InChI is InChI=1S/C20H26N2O/c1-12-3-7-16(8-4-12)20-10-17-14-5-6-15(9-14)18(17)19(23)22(20)11-13(2)21-20/h3-4,7-8,13-15,17-18,21H,5-6,9-11H2,1-2H3/t13?,14-,15+,17+,18-,20-/m1/s1. The molecule has 2 bridgehead atoms. The van der Waals surface area contributed by atoms with Crippen molar-refractivity contribution in [1.29, 1.82) is 0 Å². The highest BCUT2D eigenvalue weighted by Crippen LogP contribution is 2.59. The highest BCUT2D eigenvalue weighted by molar-refractivity contribution is 5.82. The van der Waals surface area contributed by atoms with Gasteiger partial charge >= 0.3 is 0 Å². The molecule has 1 unspecified atom stereocenters. The molecule has 0 radical (unpaired) electrons. The first-order chi connectivity index (χ1) is 11.1. The van der Waals surface area contributed by atoms with Gasteiger partial charge < -0.3 is 4.90 Å². The minimum Gasteiger partial charge on any atom is -0.318 e. The number of benzene rings is 1. The third-order valence-electron chi connectivity index (χ3n) is 7.10. The number of hydrogen-bond acceptors (Lipinski definition) is 2. The summed E-state index contributed by atoms with van der Waals surface area (Å²) < 4.78 is 0. The van der Waals surface area contributed by atoms with Gasteiger partial charge in [-0.1, -0.05) is 29.8 Å². The molecule has 2 aliphatic carbocycles. The average molecular weight is 310 g/mol. The van der Waals surface area contributed by atoms with Crippen LogP contribution < -0.4 is 5.32 Å². The molecule has 1 amide bonds. The fourth-order valence-electron chi connectivity index (χ4n) is 6.20. The van der Waals surface area contributed by atoms with E-state index < -0.39 is 0 Å². The molecule has 2 heterocycles. The molecule has 2 aliphatic heterocycles. The first kappa shape index (κ1) is 14.0. The molecule has 2 saturated heterocycles. The second-order valence-corrected chi connectivity index (χ2v) is 8.45. The van der Waals surface area contributed by atoms with Crippen LogP contribution in [0, 0.1) is 30.6 Å². The Bertz CT molecular complexity index is 654. The molecular formula is C20H26N2O. The van der Waals surface area contributed by atoms with Gasteiger partial charge in [-0.2, -0.15) is 0 Å². The normalized spacial score (nSPS) is 44.5. The quantitative estimate of drug-likeness (QED) is 0.865. The Labute approximate surface area is 138 Å². The van der Waals surface area contributed by atoms with E-state index in [0.29, 0.717) is 29.7 Å². The molecule has 0 aromatic heterocycles. The minimum atomic E-state index is -0.254. The van der Waals surface area contributed by atoms with E-state index >= 15 is 0 Å². The molecule has 2 saturated carbocycles. The lowest BCUT2D eigenvalue weighted by Gasteiger charge is -2.50. The van der Waals surface area contributed by atoms with Crippen molar-refractivity contribution in [1.82, 2.24) is 10.2 Å². The van der Waals surface area contributed by atoms with Crippen LogP contribution >= 0.6 is 0 Å². The zero-order valence-electron chi connectivity index (χ0n) is 14.1. The molecule has 1 aromatic carbocycles. The second-order valence-electron chi connectivity index (χ2n) is 8.45. The maximum absolute atomic E-state index is 13.4. The number of nitrogens with zero attached hydrogens (tertiary/aromatic N) is 1. The topological polar surface area (TPSA) is 32.3 Å². The lowest BCUT2D eigenvalue weighted by Crippen LogP contribution is -2.60. The van der Waals surface area contributed by atoms with Crippen LogP contribution in [0.5, 0.6) is 0 Å². The van der Waals surface area contributed by atoms with Crippen molar-refractivity contribution in [2.75, 3.05) is 6.54 Å². The smallest absolute Gasteiger partial charge is 0.228 e. The van der Waals surface area contributed by atoms with Crippen LogP contribution in [-0.2, 0) is 10.5 Å². The summed E-state index contributed by atoms with van der Waals surface area (Å²) in [5, 5.41) is 3.81. The van der Waals surface area contributed by atoms with Crippen molar-refractivity contribution >= 4 is 5.91 Å². The molecule has 1 aromatic rings. The monoisotopic (exact) mass is 310 g/mol. The van der Waals surface area contributed by atoms with Crippen LogP contribution in [0.25, 0.3) is 0 Å². The maximum atomic E-state index is 13.4. The summed E-state index contributed by atoms with van der Waals surface area (Å²) >= 11 is 0. The van der Waals surface area contributed by atoms with Crippen LogP contribution in [0.1, 0.15) is 43.7 Å². The van der Waals surface area contributed by atoms with Crippen molar-refractivity contribution in [3.63, 3.8) is 0 Å². The molecule has 1 N–H and O–H groups in total. The summed E-state index contributed by atoms with van der Waals surface area (Å²) in [6, 6.07) is 9.20. The highest BCUT2D eigenvalue weighted by Gasteiger charge is 2.62. The van der Waals surface area contributed by atoms with E-state index in [-0.39, 0.29) is 5.66 Å². The molecule has 5 rings (SSSR count). The van der Waals surface area contributed by atoms with Crippen LogP contribution in [0.2, 0.25) is 0 Å². The number of piperidine rings is 1. The first-order valence-electron chi connectivity index (χ1n) is 9.25. The molecule has 3 nitrogen and oxygen atoms in total. The Hall–Kier alpha value is -1.35. The zero-order chi connectivity index (χ0) is 15.8. The van der Waals surface area contributed by atoms with Gasteiger partial charge in [-0.15, -0.1) is 0 Å². The van der Waals surface area contributed by atoms with Crippen LogP contribution in [0.15, 0.2) is 24.3 Å². The summed E-state index contributed by atoms with van der Waals surface area (Å²) in [6.45, 7) is 5.20. The number of aryl methyl sites for hydroxylation is 1. The molecule has 0 spiro atoms. The van der Waals surface area contributed by atoms with E-state index in [1.165, 1.54) is 30.4 Å². The summed E-state index contributed by atoms with van der Waals surface area (Å²) in [5.74, 6) is 2.81. The largest absolute Gasteiger partial charge is 0.318 e. The summed E-state index contributed by atoms with van der Waals surface area (Å²) in [6.07, 6.45) is 5.04. The van der Waals surface area contributed by atoms with Gasteiger partial charge in [0.15, 0.2) is 0 Å². The third kappa shape index (κ3) is 1.77. The van der Waals surface area contributed by atoms with Crippen molar-refractivity contribution in [2.45, 2.75) is 51.2 Å². The van der Waals surface area contributed by atoms with Gasteiger partial charge in [0.25, 0.3) is 0 Å². The Balaban J connectivity index is 1.60. The third-order valence-corrected chi connectivity index (χ3v) is 7.10. The second kappa shape index (κ2) is 4.60. The van der Waals surface area contributed by atoms with E-state index in [1.807, 2.05) is 0 Å². The number of carbonyl (C=O) groups is 1. The van der Waals surface area contributed by atoms with E-state index in [1.54, 1.807) is 0 Å². The summed E-state index contributed by atoms with van der Waals surface area (Å²) in [4.78, 5) is 15.6. The molecule has 4 aliphatic rings. The summed E-state index contributed by atoms with van der Waals surface area (Å²) in [5.41, 5.74) is 2.31. The van der Waals surface area contributed by atoms with E-state index in [9.17, 15) is 4.79 Å². The number of carbonyl (C=O) groups excluding carboxylic acids is 1. The predicted molar refractivity (Wildman–Crippen MR) is 89.6 cm³/mol. The molecule has 23 heavy (non-hydrogen) atoms. The van der Waals surface area contributed by atoms with Gasteiger partial charge in [-0.05, 0) is 62.8 Å². The van der Waals surface area contributed by atoms with Crippen molar-refractivity contribution in [2.24, 2.45) is 23.7 Å². The number of rotatable bonds is 1. The number of hydrogen-bond donors (Lipinski definition) is 1. The van der Waals surface area contributed by atoms with Crippen LogP contribution in [-0.4, -0.2) is 23.4 Å². The Morgan fingerprint density at radius 3 is 2.70 bits per heavy atom. The number of fused-ring (bicyclic) bond motifs is 6. The zero-order valence-corrected chi connectivity index (χ0v) is 14.1. The molecule has 3 heteroatoms. The number of amides is 1. The highest BCUT2D eigenvalue weighted by atomic mass is 16.2. The van der Waals surface area contributed by atoms with E-state index in [4.69, 9.17) is 0 Å². The Kier molecular flexibility index (Phi) is 2.80. The van der Waals surface area contributed by atoms with Gasteiger partial charge in [-0.3, -0.25) is 10.1 Å². The van der Waals surface area contributed by atoms with Gasteiger partial charge in [0.05, 0.1) is 0 Å². The molecule has 4 fully saturated rings. The van der Waals surface area contributed by atoms with Gasteiger partial charge in [0, 0.05) is 18.5 Å². The SMILES string of the molecule is Cc1ccc([C@@]23C[C@H]4[C@@H]5CC[C@@H](C5)[C@H]4C(=O)N2CC(C)N3)cc1. The van der Waals surface area contributed by atoms with E-state index in [2.05, 4.69) is 48.3 Å². The van der Waals surface area contributed by atoms with Gasteiger partial charge in [0.2, 0.25) is 5.91 Å². The Morgan fingerprint density at radius 2 is 1.91 bits per heavy atom. The minimum absolute atomic E-state index is 0.254. The summed E-state index contributed by atoms with van der Waals surface area (Å²) in [7, 11) is 0. The lowest BCUT2D eigenvalue weighted by atomic mass is 9.69.